The van der Waals surface area contributed by atoms with Crippen molar-refractivity contribution in [3.8, 4) is 0 Å². The molecule has 2 aliphatic rings. The fourth-order valence-electron chi connectivity index (χ4n) is 4.35. The molecule has 30 heavy (non-hydrogen) atoms. The van der Waals surface area contributed by atoms with Crippen LogP contribution < -0.4 is 0 Å². The van der Waals surface area contributed by atoms with E-state index < -0.39 is 5.60 Å². The van der Waals surface area contributed by atoms with Crippen LogP contribution in [0, 0.1) is 5.92 Å². The van der Waals surface area contributed by atoms with E-state index in [9.17, 15) is 9.59 Å². The molecule has 0 spiro atoms. The molecule has 0 N–H and O–H groups in total. The largest absolute Gasteiger partial charge is 0.469 e. The molecule has 0 radical (unpaired) electrons. The van der Waals surface area contributed by atoms with Crippen molar-refractivity contribution in [1.29, 1.82) is 0 Å². The summed E-state index contributed by atoms with van der Waals surface area (Å²) in [7, 11) is 1.47. The Balaban J connectivity index is 1.56. The van der Waals surface area contributed by atoms with Crippen LogP contribution >= 0.6 is 0 Å². The number of ether oxygens (including phenoxy) is 2. The van der Waals surface area contributed by atoms with Gasteiger partial charge in [-0.25, -0.2) is 4.79 Å². The Morgan fingerprint density at radius 2 is 1.53 bits per heavy atom. The molecule has 1 aromatic carbocycles. The molecule has 0 unspecified atom stereocenters. The fourth-order valence-corrected chi connectivity index (χ4v) is 4.35. The van der Waals surface area contributed by atoms with E-state index in [1.807, 2.05) is 20.8 Å². The van der Waals surface area contributed by atoms with Gasteiger partial charge in [-0.05, 0) is 71.7 Å². The molecule has 2 heterocycles. The van der Waals surface area contributed by atoms with E-state index in [2.05, 4.69) is 43.0 Å². The molecule has 1 aromatic rings. The molecule has 2 aliphatic heterocycles. The summed E-state index contributed by atoms with van der Waals surface area (Å²) >= 11 is 0. The van der Waals surface area contributed by atoms with E-state index in [1.54, 1.807) is 4.90 Å². The summed E-state index contributed by atoms with van der Waals surface area (Å²) in [5.74, 6) is 0.305. The maximum Gasteiger partial charge on any atom is 0.410 e. The first-order valence-corrected chi connectivity index (χ1v) is 10.9. The molecule has 1 amide bonds. The van der Waals surface area contributed by atoms with Gasteiger partial charge in [0.1, 0.15) is 5.60 Å². The van der Waals surface area contributed by atoms with Gasteiger partial charge >= 0.3 is 12.1 Å². The van der Waals surface area contributed by atoms with Crippen molar-refractivity contribution in [3.05, 3.63) is 35.4 Å². The van der Waals surface area contributed by atoms with Gasteiger partial charge in [-0.3, -0.25) is 9.69 Å². The highest BCUT2D eigenvalue weighted by Gasteiger charge is 2.36. The number of carbonyl (C=O) groups is 2. The standard InChI is InChI=1S/C24H36N2O4/c1-23(2,3)30-22(28)25-15-19(16-25)17-7-9-20(10-8-17)24(4,5)26-13-11-18(12-14-26)21(27)29-6/h7-10,18-19H,11-16H2,1-6H3. The minimum absolute atomic E-state index is 0.0240. The number of hydrogen-bond acceptors (Lipinski definition) is 5. The summed E-state index contributed by atoms with van der Waals surface area (Å²) in [6, 6.07) is 8.79. The molecule has 166 valence electrons. The van der Waals surface area contributed by atoms with Gasteiger partial charge in [0.25, 0.3) is 0 Å². The van der Waals surface area contributed by atoms with Crippen LogP contribution in [0.2, 0.25) is 0 Å². The number of rotatable bonds is 4. The minimum atomic E-state index is -0.458. The summed E-state index contributed by atoms with van der Waals surface area (Å²) in [6.07, 6.45) is 1.46. The third kappa shape index (κ3) is 4.97. The monoisotopic (exact) mass is 416 g/mol. The van der Waals surface area contributed by atoms with Crippen LogP contribution in [0.3, 0.4) is 0 Å². The molecule has 2 fully saturated rings. The van der Waals surface area contributed by atoms with Crippen molar-refractivity contribution in [3.63, 3.8) is 0 Å². The molecule has 6 heteroatoms. The maximum absolute atomic E-state index is 12.1. The number of hydrogen-bond donors (Lipinski definition) is 0. The first-order chi connectivity index (χ1) is 14.0. The molecular weight excluding hydrogens is 380 g/mol. The van der Waals surface area contributed by atoms with Gasteiger partial charge in [0.15, 0.2) is 0 Å². The highest BCUT2D eigenvalue weighted by Crippen LogP contribution is 2.34. The van der Waals surface area contributed by atoms with E-state index in [-0.39, 0.29) is 23.5 Å². The predicted molar refractivity (Wildman–Crippen MR) is 116 cm³/mol. The summed E-state index contributed by atoms with van der Waals surface area (Å²) in [5.41, 5.74) is 1.98. The van der Waals surface area contributed by atoms with Gasteiger partial charge in [-0.2, -0.15) is 0 Å². The zero-order valence-electron chi connectivity index (χ0n) is 19.2. The Labute approximate surface area is 180 Å². The Kier molecular flexibility index (Phi) is 6.46. The maximum atomic E-state index is 12.1. The lowest BCUT2D eigenvalue weighted by atomic mass is 9.85. The lowest BCUT2D eigenvalue weighted by Crippen LogP contribution is -2.50. The third-order valence-electron chi connectivity index (χ3n) is 6.44. The van der Waals surface area contributed by atoms with Crippen LogP contribution in [-0.4, -0.2) is 60.8 Å². The quantitative estimate of drug-likeness (QED) is 0.691. The van der Waals surface area contributed by atoms with Gasteiger partial charge in [0.2, 0.25) is 0 Å². The topological polar surface area (TPSA) is 59.1 Å². The van der Waals surface area contributed by atoms with E-state index in [0.717, 1.165) is 25.9 Å². The number of nitrogens with zero attached hydrogens (tertiary/aromatic N) is 2. The Morgan fingerprint density at radius 1 is 0.967 bits per heavy atom. The van der Waals surface area contributed by atoms with Crippen LogP contribution in [0.1, 0.15) is 64.5 Å². The lowest BCUT2D eigenvalue weighted by molar-refractivity contribution is -0.147. The normalized spacial score (nSPS) is 19.3. The molecule has 0 bridgehead atoms. The van der Waals surface area contributed by atoms with E-state index >= 15 is 0 Å². The molecule has 2 saturated heterocycles. The van der Waals surface area contributed by atoms with E-state index in [0.29, 0.717) is 19.0 Å². The van der Waals surface area contributed by atoms with Crippen molar-refractivity contribution in [2.45, 2.75) is 64.5 Å². The predicted octanol–water partition coefficient (Wildman–Crippen LogP) is 4.14. The summed E-state index contributed by atoms with van der Waals surface area (Å²) < 4.78 is 10.3. The Morgan fingerprint density at radius 3 is 2.03 bits per heavy atom. The number of methoxy groups -OCH3 is 1. The smallest absolute Gasteiger partial charge is 0.410 e. The fraction of sp³-hybridized carbons (Fsp3) is 0.667. The molecule has 0 atom stereocenters. The first kappa shape index (κ1) is 22.6. The van der Waals surface area contributed by atoms with Gasteiger partial charge in [-0.1, -0.05) is 24.3 Å². The second-order valence-corrected chi connectivity index (χ2v) is 10.0. The first-order valence-electron chi connectivity index (χ1n) is 10.9. The van der Waals surface area contributed by atoms with Crippen molar-refractivity contribution in [1.82, 2.24) is 9.80 Å². The zero-order valence-corrected chi connectivity index (χ0v) is 19.2. The minimum Gasteiger partial charge on any atom is -0.469 e. The SMILES string of the molecule is COC(=O)C1CCN(C(C)(C)c2ccc(C3CN(C(=O)OC(C)(C)C)C3)cc2)CC1. The number of piperidine rings is 1. The van der Waals surface area contributed by atoms with Crippen molar-refractivity contribution < 1.29 is 19.1 Å². The average Bonchev–Trinajstić information content (AvgIpc) is 2.65. The van der Waals surface area contributed by atoms with Crippen LogP contribution in [0.5, 0.6) is 0 Å². The molecule has 0 saturated carbocycles. The number of esters is 1. The summed E-state index contributed by atoms with van der Waals surface area (Å²) in [5, 5.41) is 0. The molecular formula is C24H36N2O4. The average molecular weight is 417 g/mol. The van der Waals surface area contributed by atoms with Crippen molar-refractivity contribution in [2.75, 3.05) is 33.3 Å². The zero-order chi connectivity index (χ0) is 22.1. The van der Waals surface area contributed by atoms with Crippen molar-refractivity contribution >= 4 is 12.1 Å². The molecule has 6 nitrogen and oxygen atoms in total. The second-order valence-electron chi connectivity index (χ2n) is 10.0. The van der Waals surface area contributed by atoms with Crippen molar-refractivity contribution in [2.24, 2.45) is 5.92 Å². The van der Waals surface area contributed by atoms with E-state index in [1.165, 1.54) is 18.2 Å². The second kappa shape index (κ2) is 8.58. The van der Waals surface area contributed by atoms with E-state index in [4.69, 9.17) is 9.47 Å². The summed E-state index contributed by atoms with van der Waals surface area (Å²) in [6.45, 7) is 13.4. The number of likely N-dealkylation sites (tertiary alicyclic amines) is 2. The number of amides is 1. The molecule has 0 aliphatic carbocycles. The highest BCUT2D eigenvalue weighted by molar-refractivity contribution is 5.72. The Hall–Kier alpha value is -2.08. The van der Waals surface area contributed by atoms with Gasteiger partial charge < -0.3 is 14.4 Å². The van der Waals surface area contributed by atoms with Crippen LogP contribution in [0.4, 0.5) is 4.79 Å². The molecule has 0 aromatic heterocycles. The number of benzene rings is 1. The van der Waals surface area contributed by atoms with Gasteiger partial charge in [0.05, 0.1) is 13.0 Å². The lowest BCUT2D eigenvalue weighted by Gasteiger charge is -2.43. The Bertz CT molecular complexity index is 752. The summed E-state index contributed by atoms with van der Waals surface area (Å²) in [4.78, 5) is 28.1. The van der Waals surface area contributed by atoms with Crippen LogP contribution in [0.25, 0.3) is 0 Å². The van der Waals surface area contributed by atoms with Crippen LogP contribution in [0.15, 0.2) is 24.3 Å². The number of carbonyl (C=O) groups excluding carboxylic acids is 2. The third-order valence-corrected chi connectivity index (χ3v) is 6.44. The van der Waals surface area contributed by atoms with Crippen LogP contribution in [-0.2, 0) is 19.8 Å². The highest BCUT2D eigenvalue weighted by atomic mass is 16.6. The van der Waals surface area contributed by atoms with Gasteiger partial charge in [-0.15, -0.1) is 0 Å². The van der Waals surface area contributed by atoms with Gasteiger partial charge in [0, 0.05) is 24.5 Å². The molecule has 3 rings (SSSR count).